The van der Waals surface area contributed by atoms with Gasteiger partial charge in [-0.05, 0) is 61.4 Å². The van der Waals surface area contributed by atoms with Crippen LogP contribution in [-0.4, -0.2) is 40.7 Å². The van der Waals surface area contributed by atoms with Crippen molar-refractivity contribution in [3.05, 3.63) is 56.7 Å². The Hall–Kier alpha value is -1.85. The normalized spacial score (nSPS) is 15.5. The fraction of sp³-hybridized carbons (Fsp3) is 0.556. The Labute approximate surface area is 207 Å². The number of halogens is 1. The number of amides is 2. The maximum absolute atomic E-state index is 13.6. The van der Waals surface area contributed by atoms with Crippen molar-refractivity contribution < 1.29 is 9.59 Å². The van der Waals surface area contributed by atoms with Crippen LogP contribution < -0.4 is 0 Å². The molecule has 2 heterocycles. The Kier molecular flexibility index (Phi) is 9.81. The first-order chi connectivity index (χ1) is 15.9. The maximum atomic E-state index is 13.6. The van der Waals surface area contributed by atoms with Crippen LogP contribution in [0.3, 0.4) is 0 Å². The largest absolute Gasteiger partial charge is 0.331 e. The summed E-state index contributed by atoms with van der Waals surface area (Å²) >= 11 is 7.87. The van der Waals surface area contributed by atoms with Gasteiger partial charge in [-0.1, -0.05) is 62.8 Å². The molecule has 1 unspecified atom stereocenters. The average Bonchev–Trinajstić information content (AvgIpc) is 3.28. The molecule has 1 aromatic carbocycles. The van der Waals surface area contributed by atoms with E-state index in [1.807, 2.05) is 43.0 Å². The van der Waals surface area contributed by atoms with Crippen LogP contribution in [0.4, 0.5) is 0 Å². The Bertz CT molecular complexity index is 909. The smallest absolute Gasteiger partial charge is 0.243 e. The van der Waals surface area contributed by atoms with Gasteiger partial charge in [0.05, 0.1) is 6.04 Å². The number of fused-ring (bicyclic) bond motifs is 1. The lowest BCUT2D eigenvalue weighted by Gasteiger charge is -2.38. The van der Waals surface area contributed by atoms with Crippen LogP contribution in [0.2, 0.25) is 5.02 Å². The van der Waals surface area contributed by atoms with Crippen molar-refractivity contribution in [3.8, 4) is 0 Å². The van der Waals surface area contributed by atoms with Crippen molar-refractivity contribution in [1.82, 2.24) is 9.80 Å². The summed E-state index contributed by atoms with van der Waals surface area (Å²) in [6, 6.07) is 9.76. The van der Waals surface area contributed by atoms with Gasteiger partial charge in [-0.2, -0.15) is 0 Å². The average molecular weight is 489 g/mol. The molecule has 6 heteroatoms. The molecule has 180 valence electrons. The van der Waals surface area contributed by atoms with Crippen LogP contribution in [0.1, 0.15) is 87.8 Å². The number of carbonyl (C=O) groups is 2. The predicted octanol–water partition coefficient (Wildman–Crippen LogP) is 6.86. The highest BCUT2D eigenvalue weighted by Crippen LogP contribution is 2.38. The predicted molar refractivity (Wildman–Crippen MR) is 138 cm³/mol. The zero-order valence-corrected chi connectivity index (χ0v) is 21.8. The van der Waals surface area contributed by atoms with Gasteiger partial charge >= 0.3 is 0 Å². The minimum Gasteiger partial charge on any atom is -0.331 e. The molecule has 1 atom stereocenters. The standard InChI is InChI=1S/C27H37ClN2O2S/c1-4-5-6-7-8-9-10-25(31)30(20(2)3)19-26(32)29-17-15-24-23(16-18-33-24)27(29)21-11-13-22(28)14-12-21/h11-14,16,18,20,27H,4-10,15,17,19H2,1-3H3. The van der Waals surface area contributed by atoms with Crippen LogP contribution >= 0.6 is 22.9 Å². The molecule has 0 bridgehead atoms. The molecule has 0 spiro atoms. The minimum absolute atomic E-state index is 0.00276. The number of rotatable bonds is 11. The fourth-order valence-electron chi connectivity index (χ4n) is 4.59. The van der Waals surface area contributed by atoms with Gasteiger partial charge in [-0.15, -0.1) is 11.3 Å². The number of benzene rings is 1. The zero-order chi connectivity index (χ0) is 23.8. The second-order valence-corrected chi connectivity index (χ2v) is 10.7. The third-order valence-corrected chi connectivity index (χ3v) is 7.71. The second kappa shape index (κ2) is 12.6. The van der Waals surface area contributed by atoms with Gasteiger partial charge in [0.25, 0.3) is 0 Å². The van der Waals surface area contributed by atoms with Gasteiger partial charge in [0.1, 0.15) is 6.54 Å². The lowest BCUT2D eigenvalue weighted by molar-refractivity contribution is -0.143. The molecule has 0 fully saturated rings. The van der Waals surface area contributed by atoms with E-state index in [0.29, 0.717) is 18.0 Å². The summed E-state index contributed by atoms with van der Waals surface area (Å²) in [5, 5.41) is 2.79. The second-order valence-electron chi connectivity index (χ2n) is 9.22. The molecular formula is C27H37ClN2O2S. The van der Waals surface area contributed by atoms with Crippen molar-refractivity contribution in [2.24, 2.45) is 0 Å². The van der Waals surface area contributed by atoms with Gasteiger partial charge in [0.2, 0.25) is 11.8 Å². The number of hydrogen-bond donors (Lipinski definition) is 0. The highest BCUT2D eigenvalue weighted by molar-refractivity contribution is 7.10. The molecular weight excluding hydrogens is 452 g/mol. The van der Waals surface area contributed by atoms with Gasteiger partial charge in [0, 0.05) is 28.9 Å². The van der Waals surface area contributed by atoms with Crippen LogP contribution in [0.15, 0.2) is 35.7 Å². The number of carbonyl (C=O) groups excluding carboxylic acids is 2. The van der Waals surface area contributed by atoms with E-state index >= 15 is 0 Å². The monoisotopic (exact) mass is 488 g/mol. The topological polar surface area (TPSA) is 40.6 Å². The van der Waals surface area contributed by atoms with Gasteiger partial charge in [0.15, 0.2) is 0 Å². The van der Waals surface area contributed by atoms with E-state index in [9.17, 15) is 9.59 Å². The van der Waals surface area contributed by atoms with Crippen LogP contribution in [0.5, 0.6) is 0 Å². The third kappa shape index (κ3) is 6.83. The molecule has 4 nitrogen and oxygen atoms in total. The lowest BCUT2D eigenvalue weighted by Crippen LogP contribution is -2.48. The fourth-order valence-corrected chi connectivity index (χ4v) is 5.61. The number of nitrogens with zero attached hydrogens (tertiary/aromatic N) is 2. The molecule has 33 heavy (non-hydrogen) atoms. The first-order valence-corrected chi connectivity index (χ1v) is 13.6. The molecule has 0 aliphatic carbocycles. The van der Waals surface area contributed by atoms with Gasteiger partial charge < -0.3 is 9.80 Å². The Morgan fingerprint density at radius 3 is 2.48 bits per heavy atom. The summed E-state index contributed by atoms with van der Waals surface area (Å²) in [5.41, 5.74) is 2.25. The molecule has 2 aromatic rings. The molecule has 1 aromatic heterocycles. The van der Waals surface area contributed by atoms with Crippen LogP contribution in [-0.2, 0) is 16.0 Å². The van der Waals surface area contributed by atoms with Crippen molar-refractivity contribution >= 4 is 34.8 Å². The van der Waals surface area contributed by atoms with E-state index in [4.69, 9.17) is 11.6 Å². The molecule has 0 saturated heterocycles. The maximum Gasteiger partial charge on any atom is 0.243 e. The van der Waals surface area contributed by atoms with Crippen molar-refractivity contribution in [2.75, 3.05) is 13.1 Å². The zero-order valence-electron chi connectivity index (χ0n) is 20.2. The summed E-state index contributed by atoms with van der Waals surface area (Å²) < 4.78 is 0. The molecule has 3 rings (SSSR count). The quantitative estimate of drug-likeness (QED) is 0.324. The van der Waals surface area contributed by atoms with E-state index in [-0.39, 0.29) is 30.4 Å². The Morgan fingerprint density at radius 2 is 1.79 bits per heavy atom. The number of thiophene rings is 1. The first kappa shape index (κ1) is 25.8. The molecule has 0 N–H and O–H groups in total. The summed E-state index contributed by atoms with van der Waals surface area (Å²) in [4.78, 5) is 31.6. The summed E-state index contributed by atoms with van der Waals surface area (Å²) in [7, 11) is 0. The van der Waals surface area contributed by atoms with E-state index in [1.165, 1.54) is 36.1 Å². The van der Waals surface area contributed by atoms with Crippen LogP contribution in [0, 0.1) is 0 Å². The SMILES string of the molecule is CCCCCCCCC(=O)N(CC(=O)N1CCc2sccc2C1c1ccc(Cl)cc1)C(C)C. The van der Waals surface area contributed by atoms with Crippen molar-refractivity contribution in [3.63, 3.8) is 0 Å². The van der Waals surface area contributed by atoms with E-state index in [0.717, 1.165) is 24.8 Å². The highest BCUT2D eigenvalue weighted by atomic mass is 35.5. The Morgan fingerprint density at radius 1 is 1.09 bits per heavy atom. The van der Waals surface area contributed by atoms with E-state index < -0.39 is 0 Å². The van der Waals surface area contributed by atoms with Crippen LogP contribution in [0.25, 0.3) is 0 Å². The van der Waals surface area contributed by atoms with Gasteiger partial charge in [-0.25, -0.2) is 0 Å². The summed E-state index contributed by atoms with van der Waals surface area (Å²) in [5.74, 6) is 0.0990. The molecule has 0 radical (unpaired) electrons. The number of unbranched alkanes of at least 4 members (excludes halogenated alkanes) is 5. The molecule has 0 saturated carbocycles. The summed E-state index contributed by atoms with van der Waals surface area (Å²) in [6.07, 6.45) is 8.26. The Balaban J connectivity index is 1.69. The summed E-state index contributed by atoms with van der Waals surface area (Å²) in [6.45, 7) is 7.00. The van der Waals surface area contributed by atoms with E-state index in [1.54, 1.807) is 16.2 Å². The van der Waals surface area contributed by atoms with Gasteiger partial charge in [-0.3, -0.25) is 9.59 Å². The first-order valence-electron chi connectivity index (χ1n) is 12.3. The lowest BCUT2D eigenvalue weighted by atomic mass is 9.93. The third-order valence-electron chi connectivity index (χ3n) is 6.47. The van der Waals surface area contributed by atoms with Crippen molar-refractivity contribution in [1.29, 1.82) is 0 Å². The number of hydrogen-bond acceptors (Lipinski definition) is 3. The molecule has 1 aliphatic rings. The highest BCUT2D eigenvalue weighted by Gasteiger charge is 2.34. The molecule has 2 amide bonds. The molecule has 1 aliphatic heterocycles. The van der Waals surface area contributed by atoms with Crippen molar-refractivity contribution in [2.45, 2.75) is 84.2 Å². The van der Waals surface area contributed by atoms with E-state index in [2.05, 4.69) is 18.4 Å². The minimum atomic E-state index is -0.132.